The van der Waals surface area contributed by atoms with Gasteiger partial charge in [0.25, 0.3) is 0 Å². The third-order valence-electron chi connectivity index (χ3n) is 5.61. The first-order chi connectivity index (χ1) is 16.5. The average Bonchev–Trinajstić information content (AvgIpc) is 2.86. The number of nitrogens with zero attached hydrogens (tertiary/aromatic N) is 1. The van der Waals surface area contributed by atoms with Gasteiger partial charge >= 0.3 is 0 Å². The van der Waals surface area contributed by atoms with Crippen molar-refractivity contribution >= 4 is 11.8 Å². The van der Waals surface area contributed by atoms with E-state index in [1.807, 2.05) is 61.5 Å². The molecule has 0 saturated heterocycles. The highest BCUT2D eigenvalue weighted by molar-refractivity contribution is 5.87. The predicted molar refractivity (Wildman–Crippen MR) is 131 cm³/mol. The summed E-state index contributed by atoms with van der Waals surface area (Å²) in [5, 5.41) is 2.69. The minimum absolute atomic E-state index is 0.152. The second kappa shape index (κ2) is 12.5. The van der Waals surface area contributed by atoms with Crippen molar-refractivity contribution in [3.63, 3.8) is 0 Å². The lowest BCUT2D eigenvalue weighted by atomic mass is 10.0. The van der Waals surface area contributed by atoms with Crippen LogP contribution in [-0.2, 0) is 22.6 Å². The Bertz CT molecular complexity index is 1050. The maximum absolute atomic E-state index is 13.4. The van der Waals surface area contributed by atoms with E-state index in [0.717, 1.165) is 22.4 Å². The Kier molecular flexibility index (Phi) is 9.21. The van der Waals surface area contributed by atoms with Gasteiger partial charge in [-0.1, -0.05) is 60.2 Å². The monoisotopic (exact) mass is 462 g/mol. The van der Waals surface area contributed by atoms with E-state index >= 15 is 0 Å². The summed E-state index contributed by atoms with van der Waals surface area (Å²) < 4.78 is 19.2. The van der Waals surface area contributed by atoms with Crippen LogP contribution in [0, 0.1) is 12.7 Å². The molecule has 178 valence electrons. The molecule has 0 aliphatic heterocycles. The summed E-state index contributed by atoms with van der Waals surface area (Å²) in [4.78, 5) is 27.8. The Hall–Kier alpha value is -3.67. The highest BCUT2D eigenvalue weighted by Crippen LogP contribution is 2.17. The smallest absolute Gasteiger partial charge is 0.242 e. The minimum atomic E-state index is -0.692. The van der Waals surface area contributed by atoms with Gasteiger partial charge in [0.2, 0.25) is 11.8 Å². The summed E-state index contributed by atoms with van der Waals surface area (Å²) in [6.07, 6.45) is 1.13. The first-order valence-electron chi connectivity index (χ1n) is 11.4. The van der Waals surface area contributed by atoms with Crippen LogP contribution in [0.25, 0.3) is 0 Å². The summed E-state index contributed by atoms with van der Waals surface area (Å²) >= 11 is 0. The second-order valence-electron chi connectivity index (χ2n) is 8.23. The molecule has 0 bridgehead atoms. The van der Waals surface area contributed by atoms with Gasteiger partial charge in [0.15, 0.2) is 0 Å². The fraction of sp³-hybridized carbons (Fsp3) is 0.286. The molecule has 0 unspecified atom stereocenters. The van der Waals surface area contributed by atoms with E-state index in [1.54, 1.807) is 24.1 Å². The highest BCUT2D eigenvalue weighted by Gasteiger charge is 2.29. The van der Waals surface area contributed by atoms with Gasteiger partial charge < -0.3 is 15.0 Å². The van der Waals surface area contributed by atoms with Crippen LogP contribution in [0.4, 0.5) is 4.39 Å². The predicted octanol–water partition coefficient (Wildman–Crippen LogP) is 4.68. The van der Waals surface area contributed by atoms with E-state index in [0.29, 0.717) is 19.4 Å². The number of carbonyl (C=O) groups is 2. The van der Waals surface area contributed by atoms with E-state index in [4.69, 9.17) is 4.74 Å². The molecule has 0 saturated carbocycles. The third-order valence-corrected chi connectivity index (χ3v) is 5.61. The van der Waals surface area contributed by atoms with Crippen molar-refractivity contribution < 1.29 is 18.7 Å². The number of aryl methyl sites for hydroxylation is 1. The number of hydrogen-bond acceptors (Lipinski definition) is 3. The van der Waals surface area contributed by atoms with E-state index in [2.05, 4.69) is 5.32 Å². The molecule has 34 heavy (non-hydrogen) atoms. The first kappa shape index (κ1) is 25.0. The Labute approximate surface area is 200 Å². The standard InChI is InChI=1S/C28H31FN2O3/c1-21-10-16-25(17-11-21)34-18-6-9-27(32)31(20-23-12-14-24(29)15-13-23)26(28(33)30-2)19-22-7-4-3-5-8-22/h3-5,7-8,10-17,26H,6,9,18-20H2,1-2H3,(H,30,33)/t26-/m1/s1. The van der Waals surface area contributed by atoms with Crippen LogP contribution in [0.5, 0.6) is 5.75 Å². The number of amides is 2. The summed E-state index contributed by atoms with van der Waals surface area (Å²) in [7, 11) is 1.57. The minimum Gasteiger partial charge on any atom is -0.494 e. The van der Waals surface area contributed by atoms with E-state index in [-0.39, 0.29) is 30.6 Å². The molecular formula is C28H31FN2O3. The Morgan fingerprint density at radius 3 is 2.26 bits per heavy atom. The summed E-state index contributed by atoms with van der Waals surface area (Å²) in [5.74, 6) is 0.0205. The van der Waals surface area contributed by atoms with Gasteiger partial charge in [-0.2, -0.15) is 0 Å². The molecule has 3 rings (SSSR count). The molecule has 3 aromatic carbocycles. The summed E-state index contributed by atoms with van der Waals surface area (Å²) in [5.41, 5.74) is 2.86. The van der Waals surface area contributed by atoms with Gasteiger partial charge in [-0.3, -0.25) is 9.59 Å². The van der Waals surface area contributed by atoms with Crippen molar-refractivity contribution in [2.75, 3.05) is 13.7 Å². The third kappa shape index (κ3) is 7.44. The number of carbonyl (C=O) groups excluding carboxylic acids is 2. The number of halogens is 1. The summed E-state index contributed by atoms with van der Waals surface area (Å²) in [6, 6.07) is 22.7. The van der Waals surface area contributed by atoms with Crippen molar-refractivity contribution in [3.05, 3.63) is 101 Å². The van der Waals surface area contributed by atoms with E-state index in [1.165, 1.54) is 12.1 Å². The lowest BCUT2D eigenvalue weighted by molar-refractivity contribution is -0.141. The molecule has 0 aliphatic carbocycles. The van der Waals surface area contributed by atoms with Crippen LogP contribution in [0.1, 0.15) is 29.5 Å². The molecule has 0 heterocycles. The second-order valence-corrected chi connectivity index (χ2v) is 8.23. The Morgan fingerprint density at radius 1 is 0.941 bits per heavy atom. The number of nitrogens with one attached hydrogen (secondary N) is 1. The Balaban J connectivity index is 1.73. The number of ether oxygens (including phenoxy) is 1. The molecule has 0 radical (unpaired) electrons. The average molecular weight is 463 g/mol. The lowest BCUT2D eigenvalue weighted by Crippen LogP contribution is -2.49. The van der Waals surface area contributed by atoms with Gasteiger partial charge in [0.1, 0.15) is 17.6 Å². The maximum atomic E-state index is 13.4. The molecule has 0 fully saturated rings. The van der Waals surface area contributed by atoms with Gasteiger partial charge in [-0.05, 0) is 48.7 Å². The van der Waals surface area contributed by atoms with E-state index < -0.39 is 6.04 Å². The highest BCUT2D eigenvalue weighted by atomic mass is 19.1. The zero-order valence-electron chi connectivity index (χ0n) is 19.7. The molecule has 5 nitrogen and oxygen atoms in total. The van der Waals surface area contributed by atoms with Crippen LogP contribution < -0.4 is 10.1 Å². The van der Waals surface area contributed by atoms with Crippen molar-refractivity contribution in [2.45, 2.75) is 38.8 Å². The quantitative estimate of drug-likeness (QED) is 0.421. The largest absolute Gasteiger partial charge is 0.494 e. The molecule has 6 heteroatoms. The topological polar surface area (TPSA) is 58.6 Å². The molecular weight excluding hydrogens is 431 g/mol. The number of rotatable bonds is 11. The first-order valence-corrected chi connectivity index (χ1v) is 11.4. The van der Waals surface area contributed by atoms with Crippen LogP contribution in [0.2, 0.25) is 0 Å². The normalized spacial score (nSPS) is 11.5. The number of likely N-dealkylation sites (N-methyl/N-ethyl adjacent to an activating group) is 1. The molecule has 0 spiro atoms. The SMILES string of the molecule is CNC(=O)[C@@H](Cc1ccccc1)N(Cc1ccc(F)cc1)C(=O)CCCOc1ccc(C)cc1. The van der Waals surface area contributed by atoms with Crippen LogP contribution >= 0.6 is 0 Å². The van der Waals surface area contributed by atoms with Gasteiger partial charge in [0, 0.05) is 26.4 Å². The molecule has 1 atom stereocenters. The van der Waals surface area contributed by atoms with Gasteiger partial charge in [-0.25, -0.2) is 4.39 Å². The maximum Gasteiger partial charge on any atom is 0.242 e. The molecule has 3 aromatic rings. The van der Waals surface area contributed by atoms with Crippen LogP contribution in [0.3, 0.4) is 0 Å². The Morgan fingerprint density at radius 2 is 1.62 bits per heavy atom. The van der Waals surface area contributed by atoms with E-state index in [9.17, 15) is 14.0 Å². The fourth-order valence-corrected chi connectivity index (χ4v) is 3.70. The van der Waals surface area contributed by atoms with Crippen LogP contribution in [-0.4, -0.2) is 36.4 Å². The number of hydrogen-bond donors (Lipinski definition) is 1. The van der Waals surface area contributed by atoms with Crippen molar-refractivity contribution in [3.8, 4) is 5.75 Å². The van der Waals surface area contributed by atoms with Gasteiger partial charge in [0.05, 0.1) is 6.61 Å². The zero-order chi connectivity index (χ0) is 24.3. The summed E-state index contributed by atoms with van der Waals surface area (Å²) in [6.45, 7) is 2.61. The molecule has 2 amide bonds. The zero-order valence-corrected chi connectivity index (χ0v) is 19.7. The van der Waals surface area contributed by atoms with Crippen molar-refractivity contribution in [2.24, 2.45) is 0 Å². The molecule has 0 aromatic heterocycles. The van der Waals surface area contributed by atoms with Crippen molar-refractivity contribution in [1.29, 1.82) is 0 Å². The lowest BCUT2D eigenvalue weighted by Gasteiger charge is -2.31. The van der Waals surface area contributed by atoms with Crippen LogP contribution in [0.15, 0.2) is 78.9 Å². The molecule has 1 N–H and O–H groups in total. The fourth-order valence-electron chi connectivity index (χ4n) is 3.70. The van der Waals surface area contributed by atoms with Crippen molar-refractivity contribution in [1.82, 2.24) is 10.2 Å². The van der Waals surface area contributed by atoms with Gasteiger partial charge in [-0.15, -0.1) is 0 Å². The molecule has 0 aliphatic rings. The number of benzene rings is 3.